The highest BCUT2D eigenvalue weighted by Gasteiger charge is 2.78. The Bertz CT molecular complexity index is 694. The van der Waals surface area contributed by atoms with E-state index < -0.39 is 0 Å². The lowest BCUT2D eigenvalue weighted by Crippen LogP contribution is -2.51. The number of aliphatic hydroxyl groups excluding tert-OH is 1. The molecule has 1 heteroatoms. The zero-order valence-electron chi connectivity index (χ0n) is 20.6. The van der Waals surface area contributed by atoms with Crippen molar-refractivity contribution in [3.8, 4) is 0 Å². The monoisotopic (exact) mass is 412 g/mol. The molecular weight excluding hydrogens is 364 g/mol. The Labute approximate surface area is 186 Å². The quantitative estimate of drug-likeness (QED) is 0.460. The Morgan fingerprint density at radius 2 is 1.60 bits per heavy atom. The van der Waals surface area contributed by atoms with E-state index in [1.807, 2.05) is 0 Å². The minimum atomic E-state index is -0.0269. The molecule has 0 aliphatic heterocycles. The second-order valence-corrected chi connectivity index (χ2v) is 13.4. The van der Waals surface area contributed by atoms with Gasteiger partial charge in [-0.05, 0) is 128 Å². The zero-order valence-corrected chi connectivity index (χ0v) is 20.6. The van der Waals surface area contributed by atoms with E-state index in [9.17, 15) is 5.11 Å². The van der Waals surface area contributed by atoms with Gasteiger partial charge < -0.3 is 5.11 Å². The maximum atomic E-state index is 10.5. The third-order valence-electron chi connectivity index (χ3n) is 12.3. The predicted molar refractivity (Wildman–Crippen MR) is 126 cm³/mol. The highest BCUT2D eigenvalue weighted by molar-refractivity contribution is 5.27. The molecule has 0 aromatic carbocycles. The molecule has 2 spiro atoms. The lowest BCUT2D eigenvalue weighted by Gasteiger charge is -2.57. The number of aliphatic hydroxyl groups is 1. The summed E-state index contributed by atoms with van der Waals surface area (Å²) in [5.41, 5.74) is 3.36. The smallest absolute Gasteiger partial charge is 0.0568 e. The van der Waals surface area contributed by atoms with Crippen LogP contribution in [0.3, 0.4) is 0 Å². The number of allylic oxidation sites excluding steroid dienone is 1. The first-order valence-corrected chi connectivity index (χ1v) is 13.5. The van der Waals surface area contributed by atoms with Gasteiger partial charge in [0.2, 0.25) is 0 Å². The van der Waals surface area contributed by atoms with E-state index >= 15 is 0 Å². The number of fused-ring (bicyclic) bond motifs is 2. The first-order valence-electron chi connectivity index (χ1n) is 13.5. The van der Waals surface area contributed by atoms with Crippen LogP contribution >= 0.6 is 0 Å². The standard InChI is InChI=1S/C29H48O/c1-18(2)19(3)7-8-20(4)22-9-11-24-25-12-10-23-21(5)26(30)13-14-28(23)17-29(25,28)16-15-27(22,24)6/h18,20-26,30H,3,7-17H2,1-2,4-6H3. The van der Waals surface area contributed by atoms with Crippen molar-refractivity contribution >= 4 is 0 Å². The van der Waals surface area contributed by atoms with Crippen molar-refractivity contribution < 1.29 is 5.11 Å². The highest BCUT2D eigenvalue weighted by atomic mass is 16.3. The van der Waals surface area contributed by atoms with Crippen LogP contribution in [-0.4, -0.2) is 11.2 Å². The average molecular weight is 413 g/mol. The third kappa shape index (κ3) is 2.75. The Morgan fingerprint density at radius 1 is 0.933 bits per heavy atom. The molecule has 0 aromatic rings. The van der Waals surface area contributed by atoms with Gasteiger partial charge in [-0.2, -0.15) is 0 Å². The molecule has 0 bridgehead atoms. The minimum absolute atomic E-state index is 0.0269. The highest BCUT2D eigenvalue weighted by Crippen LogP contribution is 2.86. The first kappa shape index (κ1) is 21.5. The van der Waals surface area contributed by atoms with Gasteiger partial charge >= 0.3 is 0 Å². The molecule has 1 nitrogen and oxygen atoms in total. The molecular formula is C29H48O. The SMILES string of the molecule is C=C(CCC(C)C1CCC2C3CCC4C(C)C(O)CCC45CC35CCC12C)C(C)C. The van der Waals surface area contributed by atoms with Crippen LogP contribution in [0.2, 0.25) is 0 Å². The van der Waals surface area contributed by atoms with Crippen LogP contribution in [0.25, 0.3) is 0 Å². The van der Waals surface area contributed by atoms with Gasteiger partial charge in [0.15, 0.2) is 0 Å². The molecule has 10 atom stereocenters. The molecule has 0 amide bonds. The summed E-state index contributed by atoms with van der Waals surface area (Å²) in [5, 5.41) is 10.5. The average Bonchev–Trinajstić information content (AvgIpc) is 3.25. The maximum absolute atomic E-state index is 10.5. The number of hydrogen-bond acceptors (Lipinski definition) is 1. The van der Waals surface area contributed by atoms with Gasteiger partial charge in [-0.15, -0.1) is 0 Å². The van der Waals surface area contributed by atoms with Gasteiger partial charge in [0, 0.05) is 0 Å². The third-order valence-corrected chi connectivity index (χ3v) is 12.3. The number of hydrogen-bond donors (Lipinski definition) is 1. The molecule has 0 aromatic heterocycles. The van der Waals surface area contributed by atoms with Crippen LogP contribution in [0.4, 0.5) is 0 Å². The van der Waals surface area contributed by atoms with Crippen LogP contribution in [0, 0.1) is 57.7 Å². The summed E-state index contributed by atoms with van der Waals surface area (Å²) in [4.78, 5) is 0. The molecule has 1 N–H and O–H groups in total. The van der Waals surface area contributed by atoms with E-state index in [2.05, 4.69) is 41.2 Å². The van der Waals surface area contributed by atoms with Crippen LogP contribution < -0.4 is 0 Å². The molecule has 0 radical (unpaired) electrons. The van der Waals surface area contributed by atoms with Gasteiger partial charge in [-0.25, -0.2) is 0 Å². The Hall–Kier alpha value is -0.300. The van der Waals surface area contributed by atoms with E-state index in [-0.39, 0.29) is 6.10 Å². The molecule has 5 aliphatic rings. The summed E-state index contributed by atoms with van der Waals surface area (Å²) in [6.07, 6.45) is 15.3. The van der Waals surface area contributed by atoms with Crippen molar-refractivity contribution in [1.29, 1.82) is 0 Å². The van der Waals surface area contributed by atoms with Gasteiger partial charge in [0.05, 0.1) is 6.10 Å². The fourth-order valence-corrected chi connectivity index (χ4v) is 10.4. The second kappa shape index (κ2) is 7.10. The first-order chi connectivity index (χ1) is 14.2. The van der Waals surface area contributed by atoms with E-state index in [1.165, 1.54) is 69.8 Å². The molecule has 5 fully saturated rings. The van der Waals surface area contributed by atoms with Crippen LogP contribution in [-0.2, 0) is 0 Å². The van der Waals surface area contributed by atoms with Gasteiger partial charge in [-0.3, -0.25) is 0 Å². The Kier molecular flexibility index (Phi) is 5.10. The van der Waals surface area contributed by atoms with E-state index in [4.69, 9.17) is 0 Å². The van der Waals surface area contributed by atoms with Crippen molar-refractivity contribution in [3.05, 3.63) is 12.2 Å². The molecule has 5 aliphatic carbocycles. The van der Waals surface area contributed by atoms with Crippen molar-refractivity contribution in [2.75, 3.05) is 0 Å². The summed E-state index contributed by atoms with van der Waals surface area (Å²) in [6.45, 7) is 16.6. The molecule has 0 saturated heterocycles. The molecule has 5 saturated carbocycles. The fraction of sp³-hybridized carbons (Fsp3) is 0.931. The Balaban J connectivity index is 1.32. The van der Waals surface area contributed by atoms with E-state index in [0.717, 1.165) is 36.0 Å². The van der Waals surface area contributed by atoms with Crippen molar-refractivity contribution in [2.45, 2.75) is 111 Å². The lowest BCUT2D eigenvalue weighted by molar-refractivity contribution is -0.101. The zero-order chi connectivity index (χ0) is 21.5. The Morgan fingerprint density at radius 3 is 2.33 bits per heavy atom. The van der Waals surface area contributed by atoms with Crippen molar-refractivity contribution in [1.82, 2.24) is 0 Å². The van der Waals surface area contributed by atoms with Gasteiger partial charge in [-0.1, -0.05) is 46.8 Å². The summed E-state index contributed by atoms with van der Waals surface area (Å²) in [6, 6.07) is 0. The predicted octanol–water partition coefficient (Wildman–Crippen LogP) is 7.63. The largest absolute Gasteiger partial charge is 0.393 e. The van der Waals surface area contributed by atoms with Gasteiger partial charge in [0.25, 0.3) is 0 Å². The molecule has 10 unspecified atom stereocenters. The topological polar surface area (TPSA) is 20.2 Å². The summed E-state index contributed by atoms with van der Waals surface area (Å²) in [7, 11) is 0. The summed E-state index contributed by atoms with van der Waals surface area (Å²) in [5.74, 6) is 5.75. The molecule has 5 rings (SSSR count). The van der Waals surface area contributed by atoms with Crippen LogP contribution in [0.15, 0.2) is 12.2 Å². The minimum Gasteiger partial charge on any atom is -0.393 e. The number of rotatable bonds is 5. The van der Waals surface area contributed by atoms with Crippen molar-refractivity contribution in [3.63, 3.8) is 0 Å². The summed E-state index contributed by atoms with van der Waals surface area (Å²) >= 11 is 0. The van der Waals surface area contributed by atoms with Crippen LogP contribution in [0.5, 0.6) is 0 Å². The van der Waals surface area contributed by atoms with E-state index in [1.54, 1.807) is 0 Å². The normalized spacial score (nSPS) is 52.8. The van der Waals surface area contributed by atoms with E-state index in [0.29, 0.717) is 28.1 Å². The fourth-order valence-electron chi connectivity index (χ4n) is 10.4. The molecule has 30 heavy (non-hydrogen) atoms. The second-order valence-electron chi connectivity index (χ2n) is 13.4. The van der Waals surface area contributed by atoms with Crippen molar-refractivity contribution in [2.24, 2.45) is 57.7 Å². The molecule has 0 heterocycles. The van der Waals surface area contributed by atoms with Gasteiger partial charge in [0.1, 0.15) is 0 Å². The lowest BCUT2D eigenvalue weighted by atomic mass is 9.48. The maximum Gasteiger partial charge on any atom is 0.0568 e. The van der Waals surface area contributed by atoms with Crippen LogP contribution in [0.1, 0.15) is 105 Å². The molecule has 170 valence electrons. The summed E-state index contributed by atoms with van der Waals surface area (Å²) < 4.78 is 0.